The van der Waals surface area contributed by atoms with Crippen LogP contribution in [0.25, 0.3) is 0 Å². The van der Waals surface area contributed by atoms with Crippen molar-refractivity contribution in [3.8, 4) is 0 Å². The lowest BCUT2D eigenvalue weighted by Gasteiger charge is -2.11. The number of carbonyl (C=O) groups excluding carboxylic acids is 3. The molecule has 1 aliphatic heterocycles. The fourth-order valence-corrected chi connectivity index (χ4v) is 3.32. The van der Waals surface area contributed by atoms with Crippen molar-refractivity contribution in [2.75, 3.05) is 5.32 Å². The van der Waals surface area contributed by atoms with Gasteiger partial charge in [-0.25, -0.2) is 18.4 Å². The molecule has 0 aromatic heterocycles. The summed E-state index contributed by atoms with van der Waals surface area (Å²) in [7, 11) is -3.87. The Hall–Kier alpha value is -4.30. The molecule has 0 fully saturated rings. The Labute approximate surface area is 193 Å². The number of primary sulfonamides is 1. The van der Waals surface area contributed by atoms with Crippen molar-refractivity contribution in [2.45, 2.75) is 24.3 Å². The molecule has 3 amide bonds. The van der Waals surface area contributed by atoms with E-state index in [4.69, 9.17) is 10.2 Å². The number of hydrazone groups is 1. The van der Waals surface area contributed by atoms with E-state index in [0.717, 1.165) is 0 Å². The van der Waals surface area contributed by atoms with Crippen LogP contribution in [0.5, 0.6) is 0 Å². The molecule has 0 bridgehead atoms. The number of nitrogens with one attached hydrogen (secondary N) is 1. The number of anilines is 1. The van der Waals surface area contributed by atoms with Crippen molar-refractivity contribution in [2.24, 2.45) is 20.5 Å². The van der Waals surface area contributed by atoms with Gasteiger partial charge in [0.25, 0.3) is 11.8 Å². The van der Waals surface area contributed by atoms with Gasteiger partial charge in [-0.3, -0.25) is 14.4 Å². The maximum Gasteiger partial charge on any atom is 0.335 e. The lowest BCUT2D eigenvalue weighted by atomic mass is 10.2. The Bertz CT molecular complexity index is 1320. The van der Waals surface area contributed by atoms with E-state index in [9.17, 15) is 27.6 Å². The number of hydrogen-bond donors (Lipinski definition) is 3. The molecule has 2 aromatic carbocycles. The topological polar surface area (TPSA) is 201 Å². The Morgan fingerprint density at radius 2 is 1.74 bits per heavy atom. The van der Waals surface area contributed by atoms with E-state index in [1.54, 1.807) is 0 Å². The molecule has 2 aromatic rings. The highest BCUT2D eigenvalue weighted by Gasteiger charge is 2.38. The number of amides is 3. The Morgan fingerprint density at radius 1 is 1.12 bits per heavy atom. The molecule has 0 saturated carbocycles. The van der Waals surface area contributed by atoms with E-state index in [1.807, 2.05) is 0 Å². The van der Waals surface area contributed by atoms with E-state index in [2.05, 4.69) is 20.6 Å². The SMILES string of the molecule is CC1=NN(C(=O)CC(=O)Nc2ccc(C(=O)O)cc2)C(=O)[C@H]1N=Nc1ccc(S(N)(=O)=O)cc1. The zero-order chi connectivity index (χ0) is 25.0. The number of hydrogen-bond acceptors (Lipinski definition) is 9. The first-order chi connectivity index (χ1) is 16.0. The molecule has 3 rings (SSSR count). The molecular formula is C20H18N6O7S. The number of imide groups is 1. The van der Waals surface area contributed by atoms with Gasteiger partial charge in [-0.2, -0.15) is 20.3 Å². The summed E-state index contributed by atoms with van der Waals surface area (Å²) in [5.41, 5.74) is 0.719. The van der Waals surface area contributed by atoms with Gasteiger partial charge < -0.3 is 10.4 Å². The number of benzene rings is 2. The van der Waals surface area contributed by atoms with Crippen LogP contribution in [0.4, 0.5) is 11.4 Å². The highest BCUT2D eigenvalue weighted by Crippen LogP contribution is 2.20. The van der Waals surface area contributed by atoms with Crippen molar-refractivity contribution in [1.29, 1.82) is 0 Å². The molecule has 0 spiro atoms. The molecule has 0 saturated heterocycles. The lowest BCUT2D eigenvalue weighted by Crippen LogP contribution is -2.36. The third kappa shape index (κ3) is 5.73. The quantitative estimate of drug-likeness (QED) is 0.386. The van der Waals surface area contributed by atoms with Gasteiger partial charge in [0.15, 0.2) is 6.04 Å². The molecule has 1 atom stereocenters. The number of sulfonamides is 1. The van der Waals surface area contributed by atoms with Crippen LogP contribution in [-0.2, 0) is 24.4 Å². The molecule has 0 aliphatic carbocycles. The van der Waals surface area contributed by atoms with Gasteiger partial charge in [0, 0.05) is 5.69 Å². The molecule has 13 nitrogen and oxygen atoms in total. The van der Waals surface area contributed by atoms with Crippen LogP contribution in [0.1, 0.15) is 23.7 Å². The summed E-state index contributed by atoms with van der Waals surface area (Å²) < 4.78 is 22.6. The van der Waals surface area contributed by atoms with Crippen LogP contribution >= 0.6 is 0 Å². The van der Waals surface area contributed by atoms with Crippen LogP contribution in [0.2, 0.25) is 0 Å². The van der Waals surface area contributed by atoms with Crippen molar-refractivity contribution < 1.29 is 32.7 Å². The Morgan fingerprint density at radius 3 is 2.29 bits per heavy atom. The highest BCUT2D eigenvalue weighted by molar-refractivity contribution is 7.89. The van der Waals surface area contributed by atoms with E-state index < -0.39 is 46.2 Å². The second kappa shape index (κ2) is 9.68. The zero-order valence-corrected chi connectivity index (χ0v) is 18.4. The van der Waals surface area contributed by atoms with Gasteiger partial charge in [-0.15, -0.1) is 0 Å². The van der Waals surface area contributed by atoms with Gasteiger partial charge in [-0.05, 0) is 55.5 Å². The standard InChI is InChI=1S/C20H18N6O7S/c1-11-18(24-23-14-6-8-15(9-7-14)34(21,32)33)19(29)26(25-11)17(28)10-16(27)22-13-4-2-12(3-5-13)20(30)31/h2-9,18H,10H2,1H3,(H,22,27)(H,30,31)(H2,21,32,33)/t18-/m0/s1. The molecule has 0 unspecified atom stereocenters. The predicted octanol–water partition coefficient (Wildman–Crippen LogP) is 1.26. The summed E-state index contributed by atoms with van der Waals surface area (Å²) in [6.45, 7) is 1.46. The number of nitrogens with zero attached hydrogens (tertiary/aromatic N) is 4. The van der Waals surface area contributed by atoms with Crippen molar-refractivity contribution in [3.63, 3.8) is 0 Å². The normalized spacial score (nSPS) is 15.9. The molecule has 14 heteroatoms. The minimum atomic E-state index is -3.87. The zero-order valence-electron chi connectivity index (χ0n) is 17.6. The third-order valence-corrected chi connectivity index (χ3v) is 5.44. The van der Waals surface area contributed by atoms with E-state index in [-0.39, 0.29) is 27.5 Å². The van der Waals surface area contributed by atoms with Gasteiger partial charge in [0.1, 0.15) is 6.42 Å². The van der Waals surface area contributed by atoms with Crippen LogP contribution in [0.3, 0.4) is 0 Å². The summed E-state index contributed by atoms with van der Waals surface area (Å²) in [6, 6.07) is 9.24. The monoisotopic (exact) mass is 486 g/mol. The van der Waals surface area contributed by atoms with Crippen molar-refractivity contribution in [1.82, 2.24) is 5.01 Å². The van der Waals surface area contributed by atoms with E-state index >= 15 is 0 Å². The Balaban J connectivity index is 1.61. The lowest BCUT2D eigenvalue weighted by molar-refractivity contribution is -0.144. The predicted molar refractivity (Wildman–Crippen MR) is 118 cm³/mol. The molecule has 1 heterocycles. The number of carboxylic acid groups (broad SMARTS) is 1. The number of aromatic carboxylic acids is 1. The summed E-state index contributed by atoms with van der Waals surface area (Å²) in [5, 5.41) is 28.5. The minimum absolute atomic E-state index is 0.0297. The first-order valence-corrected chi connectivity index (χ1v) is 11.1. The summed E-state index contributed by atoms with van der Waals surface area (Å²) in [5.74, 6) is -3.54. The Kier molecular flexibility index (Phi) is 6.93. The van der Waals surface area contributed by atoms with E-state index in [0.29, 0.717) is 5.01 Å². The van der Waals surface area contributed by atoms with Crippen molar-refractivity contribution in [3.05, 3.63) is 54.1 Å². The average molecular weight is 486 g/mol. The van der Waals surface area contributed by atoms with Crippen LogP contribution in [0.15, 0.2) is 68.8 Å². The third-order valence-electron chi connectivity index (χ3n) is 4.51. The number of nitrogens with two attached hydrogens (primary N) is 1. The second-order valence-electron chi connectivity index (χ2n) is 7.05. The summed E-state index contributed by atoms with van der Waals surface area (Å²) in [4.78, 5) is 47.9. The molecular weight excluding hydrogens is 468 g/mol. The molecule has 1 aliphatic rings. The largest absolute Gasteiger partial charge is 0.478 e. The first-order valence-electron chi connectivity index (χ1n) is 9.54. The number of azo groups is 1. The van der Waals surface area contributed by atoms with Gasteiger partial charge in [0.05, 0.1) is 21.9 Å². The number of rotatable bonds is 7. The summed E-state index contributed by atoms with van der Waals surface area (Å²) >= 11 is 0. The molecule has 34 heavy (non-hydrogen) atoms. The van der Waals surface area contributed by atoms with E-state index in [1.165, 1.54) is 55.5 Å². The summed E-state index contributed by atoms with van der Waals surface area (Å²) in [6.07, 6.45) is -0.692. The first kappa shape index (κ1) is 24.3. The fraction of sp³-hybridized carbons (Fsp3) is 0.150. The van der Waals surface area contributed by atoms with Crippen LogP contribution < -0.4 is 10.5 Å². The molecule has 4 N–H and O–H groups in total. The fourth-order valence-electron chi connectivity index (χ4n) is 2.81. The van der Waals surface area contributed by atoms with Gasteiger partial charge in [0.2, 0.25) is 15.9 Å². The minimum Gasteiger partial charge on any atom is -0.478 e. The highest BCUT2D eigenvalue weighted by atomic mass is 32.2. The molecule has 0 radical (unpaired) electrons. The average Bonchev–Trinajstić information content (AvgIpc) is 3.05. The number of carbonyl (C=O) groups is 4. The molecule has 176 valence electrons. The maximum atomic E-state index is 12.6. The number of carboxylic acids is 1. The van der Waals surface area contributed by atoms with Crippen LogP contribution in [-0.4, -0.2) is 54.0 Å². The maximum absolute atomic E-state index is 12.6. The van der Waals surface area contributed by atoms with Crippen LogP contribution in [0, 0.1) is 0 Å². The van der Waals surface area contributed by atoms with Gasteiger partial charge in [-0.1, -0.05) is 0 Å². The smallest absolute Gasteiger partial charge is 0.335 e. The van der Waals surface area contributed by atoms with Crippen molar-refractivity contribution >= 4 is 50.8 Å². The second-order valence-corrected chi connectivity index (χ2v) is 8.61. The van der Waals surface area contributed by atoms with Gasteiger partial charge >= 0.3 is 5.97 Å².